The predicted molar refractivity (Wildman–Crippen MR) is 100 cm³/mol. The van der Waals surface area contributed by atoms with Crippen molar-refractivity contribution in [3.63, 3.8) is 0 Å². The Labute approximate surface area is 156 Å². The molecule has 1 heterocycles. The number of nitrogens with zero attached hydrogens (tertiary/aromatic N) is 3. The third-order valence-electron chi connectivity index (χ3n) is 3.79. The lowest BCUT2D eigenvalue weighted by Crippen LogP contribution is -2.14. The van der Waals surface area contributed by atoms with E-state index in [0.717, 1.165) is 0 Å². The van der Waals surface area contributed by atoms with Gasteiger partial charge in [0.1, 0.15) is 11.5 Å². The van der Waals surface area contributed by atoms with Crippen molar-refractivity contribution in [1.29, 1.82) is 0 Å². The Bertz CT molecular complexity index is 904. The summed E-state index contributed by atoms with van der Waals surface area (Å²) in [6, 6.07) is 14.2. The van der Waals surface area contributed by atoms with Crippen LogP contribution < -0.4 is 19.5 Å². The number of methoxy groups -OCH3 is 2. The summed E-state index contributed by atoms with van der Waals surface area (Å²) in [6.07, 6.45) is 0. The first kappa shape index (κ1) is 18.2. The molecule has 8 nitrogen and oxygen atoms in total. The molecule has 0 saturated heterocycles. The average Bonchev–Trinajstić information content (AvgIpc) is 3.13. The molecule has 140 valence electrons. The van der Waals surface area contributed by atoms with Crippen LogP contribution >= 0.6 is 0 Å². The molecule has 0 spiro atoms. The number of anilines is 1. The number of nitrogens with one attached hydrogen (secondary N) is 1. The number of carbonyl (C=O) groups is 1. The molecular formula is C19H20N4O4. The van der Waals surface area contributed by atoms with Gasteiger partial charge in [-0.2, -0.15) is 4.68 Å². The zero-order chi connectivity index (χ0) is 19.2. The molecule has 0 radical (unpaired) electrons. The van der Waals surface area contributed by atoms with E-state index in [-0.39, 0.29) is 11.6 Å². The summed E-state index contributed by atoms with van der Waals surface area (Å²) >= 11 is 0. The zero-order valence-corrected chi connectivity index (χ0v) is 15.3. The number of hydrogen-bond donors (Lipinski definition) is 1. The fourth-order valence-corrected chi connectivity index (χ4v) is 2.44. The Morgan fingerprint density at radius 3 is 2.15 bits per heavy atom. The summed E-state index contributed by atoms with van der Waals surface area (Å²) in [5.41, 5.74) is 1.42. The molecule has 0 unspecified atom stereocenters. The summed E-state index contributed by atoms with van der Waals surface area (Å²) in [6.45, 7) is 2.20. The molecular weight excluding hydrogens is 348 g/mol. The molecule has 0 bridgehead atoms. The van der Waals surface area contributed by atoms with E-state index in [1.165, 1.54) is 4.68 Å². The van der Waals surface area contributed by atoms with E-state index in [4.69, 9.17) is 14.2 Å². The van der Waals surface area contributed by atoms with E-state index in [2.05, 4.69) is 15.6 Å². The first-order valence-corrected chi connectivity index (χ1v) is 8.34. The highest BCUT2D eigenvalue weighted by molar-refractivity contribution is 6.04. The van der Waals surface area contributed by atoms with Gasteiger partial charge in [0.05, 0.1) is 26.5 Å². The van der Waals surface area contributed by atoms with Crippen LogP contribution in [-0.2, 0) is 0 Å². The third kappa shape index (κ3) is 4.00. The van der Waals surface area contributed by atoms with Crippen LogP contribution in [0.5, 0.6) is 17.4 Å². The molecule has 0 fully saturated rings. The number of carbonyl (C=O) groups excluding carboxylic acids is 1. The fraction of sp³-hybridized carbons (Fsp3) is 0.211. The minimum absolute atomic E-state index is 0.100. The van der Waals surface area contributed by atoms with Gasteiger partial charge >= 0.3 is 0 Å². The van der Waals surface area contributed by atoms with Gasteiger partial charge in [-0.15, -0.1) is 5.10 Å². The quantitative estimate of drug-likeness (QED) is 0.690. The average molecular weight is 368 g/mol. The molecule has 3 aromatic rings. The Morgan fingerprint density at radius 1 is 1.00 bits per heavy atom. The molecule has 3 rings (SSSR count). The smallest absolute Gasteiger partial charge is 0.281 e. The number of rotatable bonds is 7. The van der Waals surface area contributed by atoms with Crippen molar-refractivity contribution in [1.82, 2.24) is 15.0 Å². The second-order valence-electron chi connectivity index (χ2n) is 5.47. The van der Waals surface area contributed by atoms with Crippen LogP contribution in [0.3, 0.4) is 0 Å². The van der Waals surface area contributed by atoms with Gasteiger partial charge in [0, 0.05) is 5.69 Å². The van der Waals surface area contributed by atoms with E-state index in [1.807, 2.05) is 6.92 Å². The van der Waals surface area contributed by atoms with Crippen LogP contribution in [0.2, 0.25) is 0 Å². The molecule has 27 heavy (non-hydrogen) atoms. The van der Waals surface area contributed by atoms with Gasteiger partial charge < -0.3 is 19.5 Å². The predicted octanol–water partition coefficient (Wildman–Crippen LogP) is 2.94. The Balaban J connectivity index is 1.87. The van der Waals surface area contributed by atoms with Gasteiger partial charge in [-0.05, 0) is 55.5 Å². The number of hydrogen-bond acceptors (Lipinski definition) is 6. The Hall–Kier alpha value is -3.55. The van der Waals surface area contributed by atoms with Crippen LogP contribution in [0, 0.1) is 0 Å². The molecule has 0 aliphatic carbocycles. The van der Waals surface area contributed by atoms with E-state index in [9.17, 15) is 4.79 Å². The number of ether oxygens (including phenoxy) is 3. The van der Waals surface area contributed by atoms with Gasteiger partial charge in [0.2, 0.25) is 5.69 Å². The topological polar surface area (TPSA) is 87.5 Å². The second kappa shape index (κ2) is 8.22. The number of benzene rings is 2. The van der Waals surface area contributed by atoms with Gasteiger partial charge in [-0.1, -0.05) is 5.21 Å². The van der Waals surface area contributed by atoms with E-state index in [1.54, 1.807) is 62.8 Å². The van der Waals surface area contributed by atoms with Crippen LogP contribution in [0.25, 0.3) is 5.69 Å². The lowest BCUT2D eigenvalue weighted by molar-refractivity contribution is 0.101. The molecule has 0 aliphatic heterocycles. The first-order valence-electron chi connectivity index (χ1n) is 8.34. The Kier molecular flexibility index (Phi) is 5.55. The molecule has 0 saturated carbocycles. The monoisotopic (exact) mass is 368 g/mol. The standard InChI is InChI=1S/C19H20N4O4/c1-4-27-19-17(18(24)20-13-5-9-15(25-2)10-6-13)21-22-23(19)14-7-11-16(26-3)12-8-14/h5-12H,4H2,1-3H3,(H,20,24). The minimum atomic E-state index is -0.414. The minimum Gasteiger partial charge on any atom is -0.497 e. The SMILES string of the molecule is CCOc1c(C(=O)Nc2ccc(OC)cc2)nnn1-c1ccc(OC)cc1. The molecule has 1 N–H and O–H groups in total. The van der Waals surface area contributed by atoms with Crippen LogP contribution in [0.15, 0.2) is 48.5 Å². The van der Waals surface area contributed by atoms with Crippen LogP contribution in [0.1, 0.15) is 17.4 Å². The molecule has 1 amide bonds. The number of amides is 1. The molecule has 0 atom stereocenters. The second-order valence-corrected chi connectivity index (χ2v) is 5.47. The molecule has 2 aromatic carbocycles. The van der Waals surface area contributed by atoms with Crippen molar-refractivity contribution >= 4 is 11.6 Å². The summed E-state index contributed by atoms with van der Waals surface area (Å²) in [4.78, 5) is 12.7. The van der Waals surface area contributed by atoms with Crippen LogP contribution in [-0.4, -0.2) is 41.7 Å². The molecule has 8 heteroatoms. The maximum Gasteiger partial charge on any atom is 0.281 e. The fourth-order valence-electron chi connectivity index (χ4n) is 2.44. The highest BCUT2D eigenvalue weighted by atomic mass is 16.5. The maximum atomic E-state index is 12.7. The van der Waals surface area contributed by atoms with Crippen LogP contribution in [0.4, 0.5) is 5.69 Å². The van der Waals surface area contributed by atoms with E-state index >= 15 is 0 Å². The number of aromatic nitrogens is 3. The lowest BCUT2D eigenvalue weighted by atomic mass is 10.3. The van der Waals surface area contributed by atoms with Crippen molar-refractivity contribution in [3.8, 4) is 23.1 Å². The normalized spacial score (nSPS) is 10.3. The summed E-state index contributed by atoms with van der Waals surface area (Å²) in [5, 5.41) is 10.9. The largest absolute Gasteiger partial charge is 0.497 e. The lowest BCUT2D eigenvalue weighted by Gasteiger charge is -2.09. The van der Waals surface area contributed by atoms with Gasteiger partial charge in [-0.25, -0.2) is 0 Å². The summed E-state index contributed by atoms with van der Waals surface area (Å²) < 4.78 is 17.4. The first-order chi connectivity index (χ1) is 13.2. The maximum absolute atomic E-state index is 12.7. The van der Waals surface area contributed by atoms with Crippen molar-refractivity contribution in [2.24, 2.45) is 0 Å². The van der Waals surface area contributed by atoms with E-state index < -0.39 is 5.91 Å². The molecule has 0 aliphatic rings. The van der Waals surface area contributed by atoms with Crippen molar-refractivity contribution in [2.45, 2.75) is 6.92 Å². The summed E-state index contributed by atoms with van der Waals surface area (Å²) in [7, 11) is 3.18. The highest BCUT2D eigenvalue weighted by Gasteiger charge is 2.22. The van der Waals surface area contributed by atoms with Crippen molar-refractivity contribution in [2.75, 3.05) is 26.1 Å². The van der Waals surface area contributed by atoms with Gasteiger partial charge in [0.15, 0.2) is 0 Å². The van der Waals surface area contributed by atoms with Crippen molar-refractivity contribution in [3.05, 3.63) is 54.2 Å². The molecule has 1 aromatic heterocycles. The van der Waals surface area contributed by atoms with E-state index in [0.29, 0.717) is 29.5 Å². The highest BCUT2D eigenvalue weighted by Crippen LogP contribution is 2.24. The zero-order valence-electron chi connectivity index (χ0n) is 15.3. The van der Waals surface area contributed by atoms with Gasteiger partial charge in [-0.3, -0.25) is 4.79 Å². The van der Waals surface area contributed by atoms with Gasteiger partial charge in [0.25, 0.3) is 11.8 Å². The van der Waals surface area contributed by atoms with Crippen molar-refractivity contribution < 1.29 is 19.0 Å². The Morgan fingerprint density at radius 2 is 1.59 bits per heavy atom. The third-order valence-corrected chi connectivity index (χ3v) is 3.79. The summed E-state index contributed by atoms with van der Waals surface area (Å²) in [5.74, 6) is 1.28.